The van der Waals surface area contributed by atoms with Gasteiger partial charge in [0.05, 0.1) is 11.3 Å². The number of hydrogen-bond acceptors (Lipinski definition) is 5. The highest BCUT2D eigenvalue weighted by molar-refractivity contribution is 7.22. The molecular formula is C22H27Cl2N3O2S. The number of hydrogen-bond donors (Lipinski definition) is 0. The molecular weight excluding hydrogens is 441 g/mol. The maximum Gasteiger partial charge on any atom is 0.260 e. The van der Waals surface area contributed by atoms with Gasteiger partial charge in [-0.15, -0.1) is 12.4 Å². The number of nitrogens with zero attached hydrogens (tertiary/aromatic N) is 3. The van der Waals surface area contributed by atoms with Crippen molar-refractivity contribution in [2.24, 2.45) is 0 Å². The van der Waals surface area contributed by atoms with Gasteiger partial charge in [-0.2, -0.15) is 0 Å². The molecule has 0 atom stereocenters. The molecule has 0 aliphatic carbocycles. The number of aromatic nitrogens is 1. The molecule has 162 valence electrons. The summed E-state index contributed by atoms with van der Waals surface area (Å²) < 4.78 is 6.72. The molecule has 0 aliphatic rings. The van der Waals surface area contributed by atoms with Crippen LogP contribution < -0.4 is 9.64 Å². The van der Waals surface area contributed by atoms with Gasteiger partial charge in [-0.25, -0.2) is 4.98 Å². The molecule has 1 heterocycles. The second-order valence-electron chi connectivity index (χ2n) is 6.52. The predicted octanol–water partition coefficient (Wildman–Crippen LogP) is 5.76. The maximum atomic E-state index is 13.3. The average molecular weight is 468 g/mol. The summed E-state index contributed by atoms with van der Waals surface area (Å²) in [4.78, 5) is 22.2. The average Bonchev–Trinajstić information content (AvgIpc) is 3.16. The molecule has 0 bridgehead atoms. The molecule has 3 aromatic rings. The number of likely N-dealkylation sites (N-methyl/N-ethyl adjacent to an activating group) is 1. The molecule has 0 fully saturated rings. The zero-order valence-electron chi connectivity index (χ0n) is 17.4. The third-order valence-electron chi connectivity index (χ3n) is 4.77. The molecule has 0 unspecified atom stereocenters. The van der Waals surface area contributed by atoms with Crippen molar-refractivity contribution in [1.82, 2.24) is 9.88 Å². The number of carbonyl (C=O) groups is 1. The van der Waals surface area contributed by atoms with Crippen molar-refractivity contribution in [2.75, 3.05) is 37.7 Å². The highest BCUT2D eigenvalue weighted by atomic mass is 35.5. The van der Waals surface area contributed by atoms with Crippen molar-refractivity contribution >= 4 is 56.6 Å². The van der Waals surface area contributed by atoms with E-state index in [1.54, 1.807) is 29.2 Å². The van der Waals surface area contributed by atoms with Gasteiger partial charge in [0.2, 0.25) is 0 Å². The van der Waals surface area contributed by atoms with Crippen LogP contribution in [0.15, 0.2) is 42.5 Å². The molecule has 0 radical (unpaired) electrons. The van der Waals surface area contributed by atoms with Gasteiger partial charge in [-0.1, -0.05) is 42.9 Å². The fourth-order valence-corrected chi connectivity index (χ4v) is 4.25. The van der Waals surface area contributed by atoms with Crippen LogP contribution in [0.5, 0.6) is 5.75 Å². The number of amides is 1. The van der Waals surface area contributed by atoms with Crippen molar-refractivity contribution in [3.05, 3.63) is 53.1 Å². The van der Waals surface area contributed by atoms with Crippen LogP contribution >= 0.6 is 35.3 Å². The van der Waals surface area contributed by atoms with E-state index in [2.05, 4.69) is 18.7 Å². The van der Waals surface area contributed by atoms with Crippen LogP contribution in [-0.2, 0) is 0 Å². The van der Waals surface area contributed by atoms with Gasteiger partial charge in [0.15, 0.2) is 5.13 Å². The molecule has 8 heteroatoms. The van der Waals surface area contributed by atoms with E-state index in [4.69, 9.17) is 21.3 Å². The second kappa shape index (κ2) is 11.5. The van der Waals surface area contributed by atoms with Crippen LogP contribution in [-0.4, -0.2) is 48.6 Å². The lowest BCUT2D eigenvalue weighted by molar-refractivity contribution is 0.0984. The summed E-state index contributed by atoms with van der Waals surface area (Å²) in [5.41, 5.74) is 1.39. The number of benzene rings is 2. The molecule has 0 N–H and O–H groups in total. The van der Waals surface area contributed by atoms with Crippen LogP contribution in [0.4, 0.5) is 5.13 Å². The van der Waals surface area contributed by atoms with E-state index < -0.39 is 0 Å². The maximum absolute atomic E-state index is 13.3. The Morgan fingerprint density at radius 3 is 2.40 bits per heavy atom. The molecule has 1 amide bonds. The van der Waals surface area contributed by atoms with Crippen LogP contribution in [0.3, 0.4) is 0 Å². The summed E-state index contributed by atoms with van der Waals surface area (Å²) >= 11 is 7.51. The smallest absolute Gasteiger partial charge is 0.260 e. The highest BCUT2D eigenvalue weighted by Crippen LogP contribution is 2.34. The Morgan fingerprint density at radius 2 is 1.77 bits per heavy atom. The van der Waals surface area contributed by atoms with Crippen LogP contribution in [0, 0.1) is 0 Å². The van der Waals surface area contributed by atoms with Crippen molar-refractivity contribution in [3.8, 4) is 5.75 Å². The first kappa shape index (κ1) is 24.4. The second-order valence-corrected chi connectivity index (χ2v) is 7.97. The first-order valence-corrected chi connectivity index (χ1v) is 11.1. The fraction of sp³-hybridized carbons (Fsp3) is 0.364. The van der Waals surface area contributed by atoms with Crippen molar-refractivity contribution in [3.63, 3.8) is 0 Å². The molecule has 5 nitrogen and oxygen atoms in total. The largest absolute Gasteiger partial charge is 0.492 e. The minimum absolute atomic E-state index is 0. The van der Waals surface area contributed by atoms with Crippen LogP contribution in [0.2, 0.25) is 5.02 Å². The Morgan fingerprint density at radius 1 is 1.07 bits per heavy atom. The minimum Gasteiger partial charge on any atom is -0.492 e. The van der Waals surface area contributed by atoms with E-state index in [9.17, 15) is 4.79 Å². The predicted molar refractivity (Wildman–Crippen MR) is 129 cm³/mol. The summed E-state index contributed by atoms with van der Waals surface area (Å²) in [7, 11) is 0. The molecule has 0 spiro atoms. The highest BCUT2D eigenvalue weighted by Gasteiger charge is 2.22. The Balaban J connectivity index is 0.00000320. The number of ether oxygens (including phenoxy) is 1. The van der Waals surface area contributed by atoms with Crippen LogP contribution in [0.25, 0.3) is 10.2 Å². The molecule has 0 saturated carbocycles. The Labute approximate surface area is 193 Å². The Kier molecular flexibility index (Phi) is 9.37. The summed E-state index contributed by atoms with van der Waals surface area (Å²) in [6.07, 6.45) is 0. The van der Waals surface area contributed by atoms with Gasteiger partial charge in [0.25, 0.3) is 5.91 Å². The van der Waals surface area contributed by atoms with E-state index in [0.29, 0.717) is 28.9 Å². The third-order valence-corrected chi connectivity index (χ3v) is 6.07. The number of carbonyl (C=O) groups excluding carboxylic acids is 1. The van der Waals surface area contributed by atoms with E-state index in [0.717, 1.165) is 35.6 Å². The lowest BCUT2D eigenvalue weighted by Crippen LogP contribution is -2.38. The number of halogens is 2. The van der Waals surface area contributed by atoms with E-state index in [1.165, 1.54) is 11.3 Å². The summed E-state index contributed by atoms with van der Waals surface area (Å²) in [5.74, 6) is 0.668. The van der Waals surface area contributed by atoms with Crippen LogP contribution in [0.1, 0.15) is 31.1 Å². The van der Waals surface area contributed by atoms with E-state index in [1.807, 2.05) is 25.1 Å². The molecule has 2 aromatic carbocycles. The fourth-order valence-electron chi connectivity index (χ4n) is 3.11. The van der Waals surface area contributed by atoms with Gasteiger partial charge < -0.3 is 9.64 Å². The number of rotatable bonds is 9. The van der Waals surface area contributed by atoms with Gasteiger partial charge in [0.1, 0.15) is 11.3 Å². The number of fused-ring (bicyclic) bond motifs is 1. The lowest BCUT2D eigenvalue weighted by atomic mass is 10.2. The monoisotopic (exact) mass is 467 g/mol. The van der Waals surface area contributed by atoms with Crippen molar-refractivity contribution in [2.45, 2.75) is 20.8 Å². The van der Waals surface area contributed by atoms with E-state index in [-0.39, 0.29) is 18.3 Å². The molecule has 0 aliphatic heterocycles. The topological polar surface area (TPSA) is 45.7 Å². The van der Waals surface area contributed by atoms with Crippen molar-refractivity contribution < 1.29 is 9.53 Å². The van der Waals surface area contributed by atoms with Gasteiger partial charge >= 0.3 is 0 Å². The van der Waals surface area contributed by atoms with E-state index >= 15 is 0 Å². The first-order valence-electron chi connectivity index (χ1n) is 9.89. The lowest BCUT2D eigenvalue weighted by Gasteiger charge is -2.24. The third kappa shape index (κ3) is 5.64. The number of para-hydroxylation sites is 1. The molecule has 3 rings (SSSR count). The zero-order valence-corrected chi connectivity index (χ0v) is 19.8. The Hall–Kier alpha value is -1.86. The quantitative estimate of drug-likeness (QED) is 0.401. The van der Waals surface area contributed by atoms with Gasteiger partial charge in [-0.3, -0.25) is 9.69 Å². The standard InChI is InChI=1S/C22H26ClN3O2S.ClH/c1-4-25(5-2)14-15-26(21(27)16-10-12-17(23)13-11-16)22-24-20-18(28-6-3)8-7-9-19(20)29-22;/h7-13H,4-6,14-15H2,1-3H3;1H. The summed E-state index contributed by atoms with van der Waals surface area (Å²) in [6.45, 7) is 9.99. The number of anilines is 1. The van der Waals surface area contributed by atoms with Gasteiger partial charge in [0, 0.05) is 23.7 Å². The minimum atomic E-state index is -0.0779. The first-order chi connectivity index (χ1) is 14.1. The molecule has 1 aromatic heterocycles. The zero-order chi connectivity index (χ0) is 20.8. The van der Waals surface area contributed by atoms with Crippen molar-refractivity contribution in [1.29, 1.82) is 0 Å². The number of thiazole rings is 1. The SMILES string of the molecule is CCOc1cccc2sc(N(CCN(CC)CC)C(=O)c3ccc(Cl)cc3)nc12.Cl. The van der Waals surface area contributed by atoms with Gasteiger partial charge in [-0.05, 0) is 56.4 Å². The molecule has 30 heavy (non-hydrogen) atoms. The Bertz CT molecular complexity index is 959. The summed E-state index contributed by atoms with van der Waals surface area (Å²) in [5, 5.41) is 1.29. The molecule has 0 saturated heterocycles. The summed E-state index contributed by atoms with van der Waals surface area (Å²) in [6, 6.07) is 12.9. The normalized spacial score (nSPS) is 10.8.